The smallest absolute Gasteiger partial charge is 0.339 e. The minimum atomic E-state index is -0.931. The Labute approximate surface area is 125 Å². The third kappa shape index (κ3) is 3.72. The second-order valence-corrected chi connectivity index (χ2v) is 6.02. The molecule has 1 aromatic carbocycles. The Balaban J connectivity index is 2.43. The Bertz CT molecular complexity index is 637. The summed E-state index contributed by atoms with van der Waals surface area (Å²) in [5.41, 5.74) is 3.91. The summed E-state index contributed by atoms with van der Waals surface area (Å²) in [7, 11) is 0. The first kappa shape index (κ1) is 15.3. The van der Waals surface area contributed by atoms with Crippen molar-refractivity contribution in [1.82, 2.24) is 9.78 Å². The molecule has 4 nitrogen and oxygen atoms in total. The third-order valence-corrected chi connectivity index (χ3v) is 3.42. The van der Waals surface area contributed by atoms with Crippen molar-refractivity contribution < 1.29 is 9.90 Å². The summed E-state index contributed by atoms with van der Waals surface area (Å²) in [4.78, 5) is 11.5. The van der Waals surface area contributed by atoms with Gasteiger partial charge in [-0.3, -0.25) is 4.68 Å². The number of benzene rings is 1. The predicted octanol–water partition coefficient (Wildman–Crippen LogP) is 3.91. The van der Waals surface area contributed by atoms with E-state index < -0.39 is 5.97 Å². The number of aryl methyl sites for hydroxylation is 3. The summed E-state index contributed by atoms with van der Waals surface area (Å²) in [5, 5.41) is 13.9. The van der Waals surface area contributed by atoms with E-state index in [4.69, 9.17) is 0 Å². The molecular formula is C17H22N2O2. The van der Waals surface area contributed by atoms with Crippen LogP contribution in [0.15, 0.2) is 24.4 Å². The van der Waals surface area contributed by atoms with Gasteiger partial charge in [-0.25, -0.2) is 4.79 Å². The molecule has 0 aliphatic heterocycles. The molecule has 2 aromatic rings. The highest BCUT2D eigenvalue weighted by molar-refractivity contribution is 5.94. The fraction of sp³-hybridized carbons (Fsp3) is 0.412. The van der Waals surface area contributed by atoms with Gasteiger partial charge in [0.05, 0.1) is 0 Å². The molecule has 4 heteroatoms. The van der Waals surface area contributed by atoms with E-state index in [1.807, 2.05) is 26.0 Å². The number of rotatable bonds is 5. The highest BCUT2D eigenvalue weighted by atomic mass is 16.4. The van der Waals surface area contributed by atoms with Gasteiger partial charge in [0, 0.05) is 18.3 Å². The average Bonchev–Trinajstić information content (AvgIpc) is 2.79. The monoisotopic (exact) mass is 286 g/mol. The lowest BCUT2D eigenvalue weighted by Gasteiger charge is -2.05. The fourth-order valence-corrected chi connectivity index (χ4v) is 2.41. The van der Waals surface area contributed by atoms with E-state index in [0.717, 1.165) is 29.7 Å². The fourth-order valence-electron chi connectivity index (χ4n) is 2.41. The number of hydrogen-bond acceptors (Lipinski definition) is 2. The van der Waals surface area contributed by atoms with Crippen LogP contribution in [0.5, 0.6) is 0 Å². The minimum Gasteiger partial charge on any atom is -0.478 e. The van der Waals surface area contributed by atoms with Crippen molar-refractivity contribution in [3.63, 3.8) is 0 Å². The number of hydrogen-bond donors (Lipinski definition) is 1. The highest BCUT2D eigenvalue weighted by Gasteiger charge is 2.17. The molecule has 1 aromatic heterocycles. The maximum atomic E-state index is 11.5. The van der Waals surface area contributed by atoms with Gasteiger partial charge in [-0.05, 0) is 38.3 Å². The SMILES string of the molecule is Cc1cc(C)cc(-c2nn(CCC(C)C)cc2C(=O)O)c1. The molecule has 0 aliphatic rings. The number of carboxylic acids is 1. The number of aromatic carboxylic acids is 1. The van der Waals surface area contributed by atoms with Crippen LogP contribution >= 0.6 is 0 Å². The predicted molar refractivity (Wildman–Crippen MR) is 83.6 cm³/mol. The lowest BCUT2D eigenvalue weighted by atomic mass is 10.0. The van der Waals surface area contributed by atoms with Crippen molar-refractivity contribution >= 4 is 5.97 Å². The molecule has 0 atom stereocenters. The first-order valence-electron chi connectivity index (χ1n) is 7.26. The summed E-state index contributed by atoms with van der Waals surface area (Å²) >= 11 is 0. The largest absolute Gasteiger partial charge is 0.478 e. The molecule has 112 valence electrons. The van der Waals surface area contributed by atoms with Gasteiger partial charge >= 0.3 is 5.97 Å². The van der Waals surface area contributed by atoms with Crippen LogP contribution in [0, 0.1) is 19.8 Å². The van der Waals surface area contributed by atoms with Gasteiger partial charge in [0.15, 0.2) is 0 Å². The maximum absolute atomic E-state index is 11.5. The Kier molecular flexibility index (Phi) is 4.46. The van der Waals surface area contributed by atoms with E-state index in [9.17, 15) is 9.90 Å². The molecule has 0 saturated heterocycles. The molecule has 0 unspecified atom stereocenters. The van der Waals surface area contributed by atoms with Crippen LogP contribution in [0.2, 0.25) is 0 Å². The average molecular weight is 286 g/mol. The van der Waals surface area contributed by atoms with E-state index in [1.54, 1.807) is 10.9 Å². The minimum absolute atomic E-state index is 0.267. The molecule has 1 N–H and O–H groups in total. The standard InChI is InChI=1S/C17H22N2O2/c1-11(2)5-6-19-10-15(17(20)21)16(18-19)14-8-12(3)7-13(4)9-14/h7-11H,5-6H2,1-4H3,(H,20,21). The van der Waals surface area contributed by atoms with Crippen LogP contribution in [0.3, 0.4) is 0 Å². The van der Waals surface area contributed by atoms with E-state index in [0.29, 0.717) is 11.6 Å². The molecule has 0 radical (unpaired) electrons. The van der Waals surface area contributed by atoms with Crippen LogP contribution in [0.25, 0.3) is 11.3 Å². The van der Waals surface area contributed by atoms with Crippen LogP contribution in [-0.2, 0) is 6.54 Å². The number of carbonyl (C=O) groups is 1. The zero-order valence-corrected chi connectivity index (χ0v) is 13.1. The molecule has 0 saturated carbocycles. The Morgan fingerprint density at radius 2 is 1.86 bits per heavy atom. The first-order valence-corrected chi connectivity index (χ1v) is 7.26. The zero-order chi connectivity index (χ0) is 15.6. The molecular weight excluding hydrogens is 264 g/mol. The van der Waals surface area contributed by atoms with Crippen LogP contribution in [0.1, 0.15) is 41.8 Å². The van der Waals surface area contributed by atoms with Crippen LogP contribution < -0.4 is 0 Å². The van der Waals surface area contributed by atoms with E-state index in [-0.39, 0.29) is 5.56 Å². The number of aromatic nitrogens is 2. The Hall–Kier alpha value is -2.10. The van der Waals surface area contributed by atoms with Crippen molar-refractivity contribution in [1.29, 1.82) is 0 Å². The molecule has 0 fully saturated rings. The van der Waals surface area contributed by atoms with Gasteiger partial charge in [-0.1, -0.05) is 31.0 Å². The van der Waals surface area contributed by atoms with Crippen molar-refractivity contribution in [2.24, 2.45) is 5.92 Å². The molecule has 1 heterocycles. The van der Waals surface area contributed by atoms with Gasteiger partial charge in [0.25, 0.3) is 0 Å². The number of carboxylic acid groups (broad SMARTS) is 1. The summed E-state index contributed by atoms with van der Waals surface area (Å²) in [6.07, 6.45) is 2.62. The topological polar surface area (TPSA) is 55.1 Å². The molecule has 0 bridgehead atoms. The molecule has 21 heavy (non-hydrogen) atoms. The molecule has 0 aliphatic carbocycles. The van der Waals surface area contributed by atoms with E-state index >= 15 is 0 Å². The van der Waals surface area contributed by atoms with Crippen molar-refractivity contribution in [2.45, 2.75) is 40.7 Å². The second kappa shape index (κ2) is 6.12. The number of nitrogens with zero attached hydrogens (tertiary/aromatic N) is 2. The quantitative estimate of drug-likeness (QED) is 0.906. The molecule has 0 amide bonds. The lowest BCUT2D eigenvalue weighted by Crippen LogP contribution is -2.02. The maximum Gasteiger partial charge on any atom is 0.339 e. The van der Waals surface area contributed by atoms with Gasteiger partial charge in [0.1, 0.15) is 11.3 Å². The van der Waals surface area contributed by atoms with Crippen LogP contribution in [-0.4, -0.2) is 20.9 Å². The van der Waals surface area contributed by atoms with Gasteiger partial charge < -0.3 is 5.11 Å². The van der Waals surface area contributed by atoms with E-state index in [2.05, 4.69) is 25.0 Å². The second-order valence-electron chi connectivity index (χ2n) is 6.02. The van der Waals surface area contributed by atoms with Crippen LogP contribution in [0.4, 0.5) is 0 Å². The van der Waals surface area contributed by atoms with E-state index in [1.165, 1.54) is 0 Å². The van der Waals surface area contributed by atoms with Gasteiger partial charge in [0.2, 0.25) is 0 Å². The zero-order valence-electron chi connectivity index (χ0n) is 13.1. The van der Waals surface area contributed by atoms with Crippen molar-refractivity contribution in [2.75, 3.05) is 0 Å². The highest BCUT2D eigenvalue weighted by Crippen LogP contribution is 2.25. The summed E-state index contributed by atoms with van der Waals surface area (Å²) < 4.78 is 1.75. The van der Waals surface area contributed by atoms with Gasteiger partial charge in [-0.2, -0.15) is 5.10 Å². The van der Waals surface area contributed by atoms with Gasteiger partial charge in [-0.15, -0.1) is 0 Å². The van der Waals surface area contributed by atoms with Crippen molar-refractivity contribution in [3.05, 3.63) is 41.1 Å². The summed E-state index contributed by atoms with van der Waals surface area (Å²) in [5.74, 6) is -0.368. The van der Waals surface area contributed by atoms with Crippen molar-refractivity contribution in [3.8, 4) is 11.3 Å². The summed E-state index contributed by atoms with van der Waals surface area (Å²) in [6.45, 7) is 9.04. The normalized spacial score (nSPS) is 11.1. The first-order chi connectivity index (χ1) is 9.86. The third-order valence-electron chi connectivity index (χ3n) is 3.42. The molecule has 0 spiro atoms. The Morgan fingerprint density at radius 1 is 1.24 bits per heavy atom. The Morgan fingerprint density at radius 3 is 2.38 bits per heavy atom. The summed E-state index contributed by atoms with van der Waals surface area (Å²) in [6, 6.07) is 6.03. The lowest BCUT2D eigenvalue weighted by molar-refractivity contribution is 0.0697. The molecule has 2 rings (SSSR count).